The van der Waals surface area contributed by atoms with Crippen LogP contribution >= 0.6 is 0 Å². The first-order chi connectivity index (χ1) is 14.5. The van der Waals surface area contributed by atoms with E-state index in [0.29, 0.717) is 18.7 Å². The molecule has 0 spiro atoms. The molecule has 3 rings (SSSR count). The molecule has 2 aromatic rings. The maximum absolute atomic E-state index is 12.3. The van der Waals surface area contributed by atoms with Gasteiger partial charge in [-0.2, -0.15) is 0 Å². The topological polar surface area (TPSA) is 102 Å². The van der Waals surface area contributed by atoms with Crippen molar-refractivity contribution in [3.05, 3.63) is 69.3 Å². The van der Waals surface area contributed by atoms with Gasteiger partial charge in [0.1, 0.15) is 5.69 Å². The third-order valence-corrected chi connectivity index (χ3v) is 5.17. The summed E-state index contributed by atoms with van der Waals surface area (Å²) in [7, 11) is 0. The Hall–Kier alpha value is -3.42. The number of nitro groups is 1. The van der Waals surface area contributed by atoms with E-state index < -0.39 is 23.4 Å². The van der Waals surface area contributed by atoms with Gasteiger partial charge in [0.05, 0.1) is 10.5 Å². The van der Waals surface area contributed by atoms with Crippen LogP contribution < -0.4 is 10.2 Å². The van der Waals surface area contributed by atoms with Crippen molar-refractivity contribution < 1.29 is 19.2 Å². The minimum absolute atomic E-state index is 0.0531. The zero-order valence-electron chi connectivity index (χ0n) is 16.9. The fourth-order valence-electron chi connectivity index (χ4n) is 3.51. The average molecular weight is 411 g/mol. The second-order valence-electron chi connectivity index (χ2n) is 7.26. The van der Waals surface area contributed by atoms with E-state index in [9.17, 15) is 19.7 Å². The summed E-state index contributed by atoms with van der Waals surface area (Å²) in [5.74, 6) is -1.18. The third kappa shape index (κ3) is 5.34. The lowest BCUT2D eigenvalue weighted by Crippen LogP contribution is -2.30. The molecule has 1 fully saturated rings. The van der Waals surface area contributed by atoms with Crippen molar-refractivity contribution in [3.8, 4) is 0 Å². The van der Waals surface area contributed by atoms with Crippen LogP contribution in [0, 0.1) is 17.0 Å². The Balaban J connectivity index is 1.52. The predicted octanol–water partition coefficient (Wildman–Crippen LogP) is 3.02. The second kappa shape index (κ2) is 9.87. The van der Waals surface area contributed by atoms with Gasteiger partial charge in [-0.1, -0.05) is 24.3 Å². The van der Waals surface area contributed by atoms with E-state index in [1.807, 2.05) is 36.1 Å². The number of esters is 1. The molecule has 30 heavy (non-hydrogen) atoms. The van der Waals surface area contributed by atoms with Crippen LogP contribution in [0.15, 0.2) is 42.5 Å². The summed E-state index contributed by atoms with van der Waals surface area (Å²) in [4.78, 5) is 37.1. The van der Waals surface area contributed by atoms with Gasteiger partial charge >= 0.3 is 5.97 Å². The van der Waals surface area contributed by atoms with Crippen molar-refractivity contribution >= 4 is 23.3 Å². The van der Waals surface area contributed by atoms with Crippen LogP contribution in [0.3, 0.4) is 0 Å². The normalized spacial score (nSPS) is 13.2. The Morgan fingerprint density at radius 3 is 2.60 bits per heavy atom. The molecule has 8 nitrogen and oxygen atoms in total. The summed E-state index contributed by atoms with van der Waals surface area (Å²) in [5, 5.41) is 14.2. The number of ether oxygens (including phenoxy) is 1. The minimum Gasteiger partial charge on any atom is -0.452 e. The molecule has 0 unspecified atom stereocenters. The highest BCUT2D eigenvalue weighted by Gasteiger charge is 2.24. The van der Waals surface area contributed by atoms with E-state index in [1.54, 1.807) is 6.07 Å². The molecule has 1 saturated heterocycles. The molecule has 1 N–H and O–H groups in total. The van der Waals surface area contributed by atoms with Crippen LogP contribution in [0.5, 0.6) is 0 Å². The Labute approximate surface area is 175 Å². The van der Waals surface area contributed by atoms with Crippen LogP contribution in [-0.4, -0.2) is 43.0 Å². The standard InChI is InChI=1S/C22H25N3O5/c1-16-6-2-3-7-17(16)10-11-23-21(26)15-30-22(27)18-8-9-19(20(14-18)25(28)29)24-12-4-5-13-24/h2-3,6-9,14H,4-5,10-13,15H2,1H3,(H,23,26). The first kappa shape index (κ1) is 21.3. The highest BCUT2D eigenvalue weighted by atomic mass is 16.6. The SMILES string of the molecule is Cc1ccccc1CCNC(=O)COC(=O)c1ccc(N2CCCC2)c([N+](=O)[O-])c1. The molecular formula is C22H25N3O5. The van der Waals surface area contributed by atoms with Crippen molar-refractivity contribution in [2.24, 2.45) is 0 Å². The quantitative estimate of drug-likeness (QED) is 0.407. The van der Waals surface area contributed by atoms with Crippen LogP contribution in [-0.2, 0) is 16.0 Å². The fourth-order valence-corrected chi connectivity index (χ4v) is 3.51. The Morgan fingerprint density at radius 2 is 1.90 bits per heavy atom. The lowest BCUT2D eigenvalue weighted by molar-refractivity contribution is -0.384. The number of aryl methyl sites for hydroxylation is 1. The van der Waals surface area contributed by atoms with E-state index in [4.69, 9.17) is 4.74 Å². The van der Waals surface area contributed by atoms with Gasteiger partial charge in [0.2, 0.25) is 0 Å². The molecular weight excluding hydrogens is 386 g/mol. The number of hydrogen-bond acceptors (Lipinski definition) is 6. The van der Waals surface area contributed by atoms with E-state index >= 15 is 0 Å². The lowest BCUT2D eigenvalue weighted by Gasteiger charge is -2.17. The smallest absolute Gasteiger partial charge is 0.338 e. The third-order valence-electron chi connectivity index (χ3n) is 5.17. The first-order valence-electron chi connectivity index (χ1n) is 9.97. The summed E-state index contributed by atoms with van der Waals surface area (Å²) < 4.78 is 5.03. The van der Waals surface area contributed by atoms with Crippen molar-refractivity contribution in [2.45, 2.75) is 26.2 Å². The maximum atomic E-state index is 12.3. The van der Waals surface area contributed by atoms with E-state index in [2.05, 4.69) is 5.32 Å². The number of benzene rings is 2. The molecule has 1 heterocycles. The van der Waals surface area contributed by atoms with E-state index in [-0.39, 0.29) is 11.3 Å². The molecule has 1 aliphatic rings. The molecule has 0 radical (unpaired) electrons. The zero-order valence-corrected chi connectivity index (χ0v) is 16.9. The van der Waals surface area contributed by atoms with Crippen LogP contribution in [0.25, 0.3) is 0 Å². The molecule has 1 amide bonds. The summed E-state index contributed by atoms with van der Waals surface area (Å²) in [6, 6.07) is 12.2. The molecule has 0 atom stereocenters. The van der Waals surface area contributed by atoms with Gasteiger partial charge in [-0.05, 0) is 49.4 Å². The molecule has 0 saturated carbocycles. The van der Waals surface area contributed by atoms with E-state index in [0.717, 1.165) is 37.1 Å². The zero-order chi connectivity index (χ0) is 21.5. The molecule has 0 aromatic heterocycles. The van der Waals surface area contributed by atoms with Gasteiger partial charge in [0.25, 0.3) is 11.6 Å². The number of nitrogens with one attached hydrogen (secondary N) is 1. The fraction of sp³-hybridized carbons (Fsp3) is 0.364. The Morgan fingerprint density at radius 1 is 1.17 bits per heavy atom. The number of nitrogens with zero attached hydrogens (tertiary/aromatic N) is 2. The number of amides is 1. The Kier molecular flexibility index (Phi) is 7.00. The van der Waals surface area contributed by atoms with Crippen molar-refractivity contribution in [1.82, 2.24) is 5.32 Å². The Bertz CT molecular complexity index is 938. The molecule has 158 valence electrons. The lowest BCUT2D eigenvalue weighted by atomic mass is 10.1. The van der Waals surface area contributed by atoms with Gasteiger partial charge in [-0.15, -0.1) is 0 Å². The van der Waals surface area contributed by atoms with Crippen LogP contribution in [0.4, 0.5) is 11.4 Å². The van der Waals surface area contributed by atoms with Gasteiger partial charge in [0.15, 0.2) is 6.61 Å². The van der Waals surface area contributed by atoms with Gasteiger partial charge < -0.3 is 15.0 Å². The predicted molar refractivity (Wildman–Crippen MR) is 113 cm³/mol. The number of rotatable bonds is 8. The van der Waals surface area contributed by atoms with Crippen molar-refractivity contribution in [2.75, 3.05) is 31.1 Å². The monoisotopic (exact) mass is 411 g/mol. The van der Waals surface area contributed by atoms with E-state index in [1.165, 1.54) is 12.1 Å². The highest BCUT2D eigenvalue weighted by Crippen LogP contribution is 2.31. The van der Waals surface area contributed by atoms with Crippen molar-refractivity contribution in [3.63, 3.8) is 0 Å². The molecule has 0 bridgehead atoms. The number of anilines is 1. The highest BCUT2D eigenvalue weighted by molar-refractivity contribution is 5.93. The number of carbonyl (C=O) groups excluding carboxylic acids is 2. The average Bonchev–Trinajstić information content (AvgIpc) is 3.27. The van der Waals surface area contributed by atoms with Gasteiger partial charge in [0, 0.05) is 25.7 Å². The van der Waals surface area contributed by atoms with Crippen molar-refractivity contribution in [1.29, 1.82) is 0 Å². The summed E-state index contributed by atoms with van der Waals surface area (Å²) in [6.07, 6.45) is 2.65. The number of hydrogen-bond donors (Lipinski definition) is 1. The van der Waals surface area contributed by atoms with Crippen LogP contribution in [0.1, 0.15) is 34.3 Å². The van der Waals surface area contributed by atoms with Gasteiger partial charge in [-0.25, -0.2) is 4.79 Å². The number of nitro benzene ring substituents is 1. The maximum Gasteiger partial charge on any atom is 0.338 e. The second-order valence-corrected chi connectivity index (χ2v) is 7.26. The van der Waals surface area contributed by atoms with Crippen LogP contribution in [0.2, 0.25) is 0 Å². The first-order valence-corrected chi connectivity index (χ1v) is 9.97. The molecule has 8 heteroatoms. The molecule has 2 aromatic carbocycles. The summed E-state index contributed by atoms with van der Waals surface area (Å²) in [6.45, 7) is 3.51. The molecule has 1 aliphatic heterocycles. The van der Waals surface area contributed by atoms with Gasteiger partial charge in [-0.3, -0.25) is 14.9 Å². The summed E-state index contributed by atoms with van der Waals surface area (Å²) >= 11 is 0. The molecule has 0 aliphatic carbocycles. The largest absolute Gasteiger partial charge is 0.452 e. The summed E-state index contributed by atoms with van der Waals surface area (Å²) in [5.41, 5.74) is 2.71. The minimum atomic E-state index is -0.764. The number of carbonyl (C=O) groups is 2.